The molecule has 0 fully saturated rings. The number of esters is 1. The summed E-state index contributed by atoms with van der Waals surface area (Å²) in [7, 11) is 0. The topological polar surface area (TPSA) is 90.3 Å². The molecule has 0 bridgehead atoms. The minimum Gasteiger partial charge on any atom is -0.459 e. The fourth-order valence-electron chi connectivity index (χ4n) is 3.68. The maximum atomic E-state index is 12.7. The van der Waals surface area contributed by atoms with Crippen LogP contribution in [0, 0.1) is 0 Å². The highest BCUT2D eigenvalue weighted by atomic mass is 32.1. The van der Waals surface area contributed by atoms with Crippen molar-refractivity contribution < 1.29 is 14.3 Å². The zero-order chi connectivity index (χ0) is 21.3. The van der Waals surface area contributed by atoms with E-state index >= 15 is 0 Å². The molecule has 30 heavy (non-hydrogen) atoms. The van der Waals surface area contributed by atoms with Crippen molar-refractivity contribution in [1.29, 1.82) is 0 Å². The van der Waals surface area contributed by atoms with E-state index in [1.165, 1.54) is 22.2 Å². The largest absolute Gasteiger partial charge is 0.459 e. The Morgan fingerprint density at radius 2 is 2.00 bits per heavy atom. The lowest BCUT2D eigenvalue weighted by Gasteiger charge is -2.14. The number of nitrogens with zero attached hydrogens (tertiary/aromatic N) is 2. The van der Waals surface area contributed by atoms with Gasteiger partial charge in [0.1, 0.15) is 11.5 Å². The van der Waals surface area contributed by atoms with Crippen LogP contribution in [-0.4, -0.2) is 27.5 Å². The number of benzene rings is 1. The second kappa shape index (κ2) is 8.39. The maximum Gasteiger partial charge on any atom is 0.341 e. The highest BCUT2D eigenvalue weighted by Gasteiger charge is 2.28. The van der Waals surface area contributed by atoms with Crippen LogP contribution in [0.1, 0.15) is 47.5 Å². The van der Waals surface area contributed by atoms with E-state index in [1.54, 1.807) is 32.0 Å². The summed E-state index contributed by atoms with van der Waals surface area (Å²) in [6.45, 7) is 3.42. The van der Waals surface area contributed by atoms with Crippen molar-refractivity contribution in [2.45, 2.75) is 52.2 Å². The number of anilines is 1. The smallest absolute Gasteiger partial charge is 0.341 e. The average molecular weight is 426 g/mol. The summed E-state index contributed by atoms with van der Waals surface area (Å²) in [5.41, 5.74) is 1.75. The normalized spacial score (nSPS) is 13.3. The lowest BCUT2D eigenvalue weighted by atomic mass is 9.95. The molecule has 0 unspecified atom stereocenters. The molecule has 4 rings (SSSR count). The second-order valence-corrected chi connectivity index (χ2v) is 8.72. The molecule has 8 heteroatoms. The zero-order valence-corrected chi connectivity index (χ0v) is 17.8. The first-order valence-corrected chi connectivity index (χ1v) is 10.8. The molecule has 1 aromatic carbocycles. The first kappa shape index (κ1) is 20.3. The van der Waals surface area contributed by atoms with E-state index in [1.807, 2.05) is 6.07 Å². The van der Waals surface area contributed by atoms with E-state index in [9.17, 15) is 14.4 Å². The number of thiophene rings is 1. The molecule has 0 spiro atoms. The number of rotatable bonds is 5. The summed E-state index contributed by atoms with van der Waals surface area (Å²) in [6.07, 6.45) is 4.90. The molecule has 0 radical (unpaired) electrons. The number of aromatic nitrogens is 2. The average Bonchev–Trinajstić information content (AvgIpc) is 3.07. The fourth-order valence-corrected chi connectivity index (χ4v) is 4.98. The molecule has 0 atom stereocenters. The van der Waals surface area contributed by atoms with Gasteiger partial charge in [0, 0.05) is 4.88 Å². The minimum absolute atomic E-state index is 0.183. The van der Waals surface area contributed by atoms with Gasteiger partial charge in [-0.2, -0.15) is 0 Å². The number of aryl methyl sites for hydroxylation is 1. The second-order valence-electron chi connectivity index (χ2n) is 7.61. The third kappa shape index (κ3) is 4.00. The van der Waals surface area contributed by atoms with Crippen LogP contribution >= 0.6 is 11.3 Å². The molecule has 1 amide bonds. The van der Waals surface area contributed by atoms with Gasteiger partial charge in [0.05, 0.1) is 28.9 Å². The predicted octanol–water partition coefficient (Wildman–Crippen LogP) is 3.54. The molecular formula is C22H23N3O4S. The number of fused-ring (bicyclic) bond motifs is 2. The van der Waals surface area contributed by atoms with Gasteiger partial charge in [-0.15, -0.1) is 11.3 Å². The van der Waals surface area contributed by atoms with E-state index in [4.69, 9.17) is 4.74 Å². The summed E-state index contributed by atoms with van der Waals surface area (Å²) < 4.78 is 6.69. The number of nitrogens with one attached hydrogen (secondary N) is 1. The molecule has 0 aliphatic heterocycles. The molecule has 1 aliphatic rings. The first-order valence-electron chi connectivity index (χ1n) is 10.0. The van der Waals surface area contributed by atoms with Gasteiger partial charge in [-0.25, -0.2) is 9.78 Å². The quantitative estimate of drug-likeness (QED) is 0.632. The predicted molar refractivity (Wildman–Crippen MR) is 116 cm³/mol. The van der Waals surface area contributed by atoms with Crippen molar-refractivity contribution in [3.05, 3.63) is 57.0 Å². The molecule has 1 aliphatic carbocycles. The molecule has 1 N–H and O–H groups in total. The lowest BCUT2D eigenvalue weighted by Crippen LogP contribution is -2.28. The highest BCUT2D eigenvalue weighted by Crippen LogP contribution is 2.38. The summed E-state index contributed by atoms with van der Waals surface area (Å²) in [5.74, 6) is -0.796. The van der Waals surface area contributed by atoms with Crippen LogP contribution in [0.3, 0.4) is 0 Å². The van der Waals surface area contributed by atoms with Crippen LogP contribution in [0.4, 0.5) is 5.00 Å². The minimum atomic E-state index is -0.413. The van der Waals surface area contributed by atoms with Crippen molar-refractivity contribution in [3.8, 4) is 0 Å². The Bertz CT molecular complexity index is 1180. The first-order chi connectivity index (χ1) is 14.4. The lowest BCUT2D eigenvalue weighted by molar-refractivity contribution is -0.116. The fraction of sp³-hybridized carbons (Fsp3) is 0.364. The van der Waals surface area contributed by atoms with Crippen LogP contribution in [0.2, 0.25) is 0 Å². The van der Waals surface area contributed by atoms with Crippen LogP contribution < -0.4 is 10.9 Å². The van der Waals surface area contributed by atoms with Gasteiger partial charge in [0.2, 0.25) is 5.91 Å². The van der Waals surface area contributed by atoms with Crippen molar-refractivity contribution in [2.24, 2.45) is 0 Å². The number of carbonyl (C=O) groups excluding carboxylic acids is 2. The Labute approximate surface area is 177 Å². The van der Waals surface area contributed by atoms with E-state index in [2.05, 4.69) is 10.3 Å². The summed E-state index contributed by atoms with van der Waals surface area (Å²) in [6, 6.07) is 7.01. The van der Waals surface area contributed by atoms with Gasteiger partial charge < -0.3 is 10.1 Å². The van der Waals surface area contributed by atoms with Crippen LogP contribution in [0.25, 0.3) is 10.9 Å². The van der Waals surface area contributed by atoms with Crippen molar-refractivity contribution in [1.82, 2.24) is 9.55 Å². The zero-order valence-electron chi connectivity index (χ0n) is 16.9. The Hall–Kier alpha value is -3.00. The van der Waals surface area contributed by atoms with Crippen molar-refractivity contribution in [3.63, 3.8) is 0 Å². The SMILES string of the molecule is CC(C)OC(=O)c1c(NC(=O)Cn2cnc3ccccc3c2=O)sc2c1CCCC2. The van der Waals surface area contributed by atoms with Gasteiger partial charge in [-0.05, 0) is 57.2 Å². The van der Waals surface area contributed by atoms with Gasteiger partial charge in [0.15, 0.2) is 0 Å². The third-order valence-corrected chi connectivity index (χ3v) is 6.22. The Kier molecular flexibility index (Phi) is 5.67. The van der Waals surface area contributed by atoms with Gasteiger partial charge in [-0.3, -0.25) is 14.2 Å². The monoisotopic (exact) mass is 425 g/mol. The van der Waals surface area contributed by atoms with Crippen LogP contribution in [0.5, 0.6) is 0 Å². The Morgan fingerprint density at radius 1 is 1.23 bits per heavy atom. The summed E-state index contributed by atoms with van der Waals surface area (Å²) in [4.78, 5) is 43.5. The summed E-state index contributed by atoms with van der Waals surface area (Å²) >= 11 is 1.43. The number of carbonyl (C=O) groups is 2. The standard InChI is InChI=1S/C22H23N3O4S/c1-13(2)29-22(28)19-15-8-4-6-10-17(15)30-20(19)24-18(26)11-25-12-23-16-9-5-3-7-14(16)21(25)27/h3,5,7,9,12-13H,4,6,8,10-11H2,1-2H3,(H,24,26). The molecular weight excluding hydrogens is 402 g/mol. The highest BCUT2D eigenvalue weighted by molar-refractivity contribution is 7.17. The number of ether oxygens (including phenoxy) is 1. The molecule has 0 saturated carbocycles. The molecule has 7 nitrogen and oxygen atoms in total. The number of amides is 1. The van der Waals surface area contributed by atoms with Gasteiger partial charge in [0.25, 0.3) is 5.56 Å². The van der Waals surface area contributed by atoms with Crippen molar-refractivity contribution >= 4 is 39.1 Å². The van der Waals surface area contributed by atoms with E-state index in [0.717, 1.165) is 36.1 Å². The Morgan fingerprint density at radius 3 is 2.80 bits per heavy atom. The van der Waals surface area contributed by atoms with Crippen LogP contribution in [0.15, 0.2) is 35.4 Å². The third-order valence-electron chi connectivity index (χ3n) is 5.02. The molecule has 2 aromatic heterocycles. The summed E-state index contributed by atoms with van der Waals surface area (Å²) in [5, 5.41) is 3.80. The maximum absolute atomic E-state index is 12.7. The van der Waals surface area contributed by atoms with E-state index < -0.39 is 5.97 Å². The molecule has 3 aromatic rings. The van der Waals surface area contributed by atoms with Crippen LogP contribution in [-0.2, 0) is 28.9 Å². The number of hydrogen-bond acceptors (Lipinski definition) is 6. The number of hydrogen-bond donors (Lipinski definition) is 1. The molecule has 2 heterocycles. The molecule has 156 valence electrons. The van der Waals surface area contributed by atoms with E-state index in [-0.39, 0.29) is 24.1 Å². The van der Waals surface area contributed by atoms with Crippen molar-refractivity contribution in [2.75, 3.05) is 5.32 Å². The Balaban J connectivity index is 1.60. The molecule has 0 saturated heterocycles. The van der Waals surface area contributed by atoms with Gasteiger partial charge in [-0.1, -0.05) is 12.1 Å². The van der Waals surface area contributed by atoms with Gasteiger partial charge >= 0.3 is 5.97 Å². The number of para-hydroxylation sites is 1. The van der Waals surface area contributed by atoms with E-state index in [0.29, 0.717) is 21.5 Å².